The maximum Gasteiger partial charge on any atom is 0.282 e. The van der Waals surface area contributed by atoms with Crippen LogP contribution < -0.4 is 0 Å². The Morgan fingerprint density at radius 3 is 3.07 bits per heavy atom. The molecule has 14 heavy (non-hydrogen) atoms. The zero-order valence-electron chi connectivity index (χ0n) is 7.61. The van der Waals surface area contributed by atoms with Crippen molar-refractivity contribution in [1.82, 2.24) is 14.7 Å². The van der Waals surface area contributed by atoms with Gasteiger partial charge in [-0.25, -0.2) is 4.39 Å². The molecule has 1 aromatic heterocycles. The van der Waals surface area contributed by atoms with Gasteiger partial charge in [0, 0.05) is 12.7 Å². The normalized spacial score (nSPS) is 15.1. The van der Waals surface area contributed by atoms with E-state index in [0.29, 0.717) is 19.6 Å². The van der Waals surface area contributed by atoms with E-state index in [1.165, 1.54) is 4.90 Å². The lowest BCUT2D eigenvalue weighted by Crippen LogP contribution is -2.38. The highest BCUT2D eigenvalue weighted by atomic mass is 19.1. The average molecular weight is 195 g/mol. The molecular weight excluding hydrogens is 185 g/mol. The molecule has 0 N–H and O–H groups in total. The van der Waals surface area contributed by atoms with Gasteiger partial charge in [-0.15, -0.1) is 0 Å². The second kappa shape index (κ2) is 3.25. The monoisotopic (exact) mass is 195 g/mol. The van der Waals surface area contributed by atoms with E-state index in [2.05, 4.69) is 11.7 Å². The molecule has 2 heterocycles. The largest absolute Gasteiger partial charge is 0.329 e. The molecule has 2 rings (SSSR count). The first-order valence-corrected chi connectivity index (χ1v) is 4.33. The third-order valence-corrected chi connectivity index (χ3v) is 2.26. The summed E-state index contributed by atoms with van der Waals surface area (Å²) in [5, 5.41) is 4.06. The van der Waals surface area contributed by atoms with Gasteiger partial charge in [0.25, 0.3) is 5.91 Å². The molecule has 1 aromatic rings. The first-order chi connectivity index (χ1) is 6.68. The Morgan fingerprint density at radius 1 is 1.57 bits per heavy atom. The van der Waals surface area contributed by atoms with Crippen LogP contribution in [0.3, 0.4) is 0 Å². The molecule has 1 amide bonds. The van der Waals surface area contributed by atoms with Crippen LogP contribution in [0.25, 0.3) is 0 Å². The third-order valence-electron chi connectivity index (χ3n) is 2.26. The Hall–Kier alpha value is -1.65. The summed E-state index contributed by atoms with van der Waals surface area (Å²) in [6.45, 7) is 4.49. The highest BCUT2D eigenvalue weighted by Gasteiger charge is 2.22. The molecular formula is C9H10FN3O. The van der Waals surface area contributed by atoms with E-state index in [0.717, 1.165) is 5.69 Å². The number of carbonyl (C=O) groups excluding carboxylic acids is 1. The van der Waals surface area contributed by atoms with Crippen LogP contribution in [0.2, 0.25) is 0 Å². The van der Waals surface area contributed by atoms with Crippen LogP contribution >= 0.6 is 0 Å². The lowest BCUT2D eigenvalue weighted by atomic mass is 10.3. The van der Waals surface area contributed by atoms with Crippen LogP contribution in [0.4, 0.5) is 4.39 Å². The quantitative estimate of drug-likeness (QED) is 0.619. The van der Waals surface area contributed by atoms with Gasteiger partial charge in [0.1, 0.15) is 0 Å². The number of rotatable bonds is 1. The molecule has 0 radical (unpaired) electrons. The molecule has 5 heteroatoms. The maximum atomic E-state index is 12.6. The van der Waals surface area contributed by atoms with Crippen molar-refractivity contribution in [2.24, 2.45) is 0 Å². The summed E-state index contributed by atoms with van der Waals surface area (Å²) in [6.07, 6.45) is 1.67. The average Bonchev–Trinajstić information content (AvgIpc) is 2.62. The predicted molar refractivity (Wildman–Crippen MR) is 47.9 cm³/mol. The van der Waals surface area contributed by atoms with Crippen LogP contribution in [0, 0.1) is 0 Å². The number of hydrogen-bond acceptors (Lipinski definition) is 2. The standard InChI is InChI=1S/C9H10FN3O/c1-7(10)9(14)12-4-5-13-8(6-12)2-3-11-13/h2-3H,1,4-6H2. The molecule has 0 bridgehead atoms. The molecule has 1 aliphatic heterocycles. The van der Waals surface area contributed by atoms with Gasteiger partial charge in [-0.3, -0.25) is 9.48 Å². The Morgan fingerprint density at radius 2 is 2.36 bits per heavy atom. The summed E-state index contributed by atoms with van der Waals surface area (Å²) in [5.74, 6) is -1.53. The minimum atomic E-state index is -0.905. The predicted octanol–water partition coefficient (Wildman–Crippen LogP) is 0.708. The van der Waals surface area contributed by atoms with E-state index in [-0.39, 0.29) is 0 Å². The zero-order valence-corrected chi connectivity index (χ0v) is 7.61. The number of fused-ring (bicyclic) bond motifs is 1. The smallest absolute Gasteiger partial charge is 0.282 e. The summed E-state index contributed by atoms with van der Waals surface area (Å²) in [5.41, 5.74) is 0.922. The van der Waals surface area contributed by atoms with Gasteiger partial charge >= 0.3 is 0 Å². The Bertz CT molecular complexity index is 385. The van der Waals surface area contributed by atoms with Crippen LogP contribution in [-0.4, -0.2) is 27.1 Å². The Balaban J connectivity index is 2.15. The molecule has 0 fully saturated rings. The van der Waals surface area contributed by atoms with Gasteiger partial charge in [0.2, 0.25) is 0 Å². The third kappa shape index (κ3) is 1.41. The first-order valence-electron chi connectivity index (χ1n) is 4.33. The fraction of sp³-hybridized carbons (Fsp3) is 0.333. The van der Waals surface area contributed by atoms with Gasteiger partial charge < -0.3 is 4.90 Å². The van der Waals surface area contributed by atoms with Gasteiger partial charge in [-0.2, -0.15) is 5.10 Å². The minimum Gasteiger partial charge on any atom is -0.329 e. The van der Waals surface area contributed by atoms with E-state index in [9.17, 15) is 9.18 Å². The second-order valence-electron chi connectivity index (χ2n) is 3.18. The van der Waals surface area contributed by atoms with Crippen LogP contribution in [0.15, 0.2) is 24.7 Å². The van der Waals surface area contributed by atoms with Crippen molar-refractivity contribution in [1.29, 1.82) is 0 Å². The number of aromatic nitrogens is 2. The maximum absolute atomic E-state index is 12.6. The van der Waals surface area contributed by atoms with Crippen molar-refractivity contribution < 1.29 is 9.18 Å². The number of amides is 1. The highest BCUT2D eigenvalue weighted by Crippen LogP contribution is 2.13. The van der Waals surface area contributed by atoms with Gasteiger partial charge in [0.15, 0.2) is 5.83 Å². The van der Waals surface area contributed by atoms with Crippen molar-refractivity contribution in [3.8, 4) is 0 Å². The first kappa shape index (κ1) is 8.93. The molecule has 0 aliphatic carbocycles. The van der Waals surface area contributed by atoms with E-state index < -0.39 is 11.7 Å². The van der Waals surface area contributed by atoms with E-state index in [4.69, 9.17) is 0 Å². The molecule has 0 saturated carbocycles. The summed E-state index contributed by atoms with van der Waals surface area (Å²) < 4.78 is 14.4. The van der Waals surface area contributed by atoms with E-state index >= 15 is 0 Å². The van der Waals surface area contributed by atoms with E-state index in [1.54, 1.807) is 6.20 Å². The van der Waals surface area contributed by atoms with Crippen molar-refractivity contribution >= 4 is 5.91 Å². The van der Waals surface area contributed by atoms with Crippen LogP contribution in [0.5, 0.6) is 0 Å². The molecule has 0 unspecified atom stereocenters. The van der Waals surface area contributed by atoms with E-state index in [1.807, 2.05) is 10.7 Å². The van der Waals surface area contributed by atoms with Crippen molar-refractivity contribution in [3.05, 3.63) is 30.4 Å². The highest BCUT2D eigenvalue weighted by molar-refractivity contribution is 5.90. The van der Waals surface area contributed by atoms with Crippen LogP contribution in [-0.2, 0) is 17.9 Å². The van der Waals surface area contributed by atoms with Crippen molar-refractivity contribution in [2.75, 3.05) is 6.54 Å². The minimum absolute atomic E-state index is 0.405. The molecule has 0 saturated heterocycles. The topological polar surface area (TPSA) is 38.1 Å². The number of hydrogen-bond donors (Lipinski definition) is 0. The summed E-state index contributed by atoms with van der Waals surface area (Å²) in [7, 11) is 0. The SMILES string of the molecule is C=C(F)C(=O)N1CCn2nccc2C1. The lowest BCUT2D eigenvalue weighted by Gasteiger charge is -2.26. The fourth-order valence-electron chi connectivity index (χ4n) is 1.53. The molecule has 74 valence electrons. The zero-order chi connectivity index (χ0) is 10.1. The summed E-state index contributed by atoms with van der Waals surface area (Å²) in [4.78, 5) is 12.7. The molecule has 1 aliphatic rings. The number of nitrogens with zero attached hydrogens (tertiary/aromatic N) is 3. The van der Waals surface area contributed by atoms with Crippen molar-refractivity contribution in [3.63, 3.8) is 0 Å². The second-order valence-corrected chi connectivity index (χ2v) is 3.18. The number of carbonyl (C=O) groups is 1. The summed E-state index contributed by atoms with van der Waals surface area (Å²) >= 11 is 0. The summed E-state index contributed by atoms with van der Waals surface area (Å²) in [6, 6.07) is 1.82. The number of halogens is 1. The molecule has 0 atom stereocenters. The fourth-order valence-corrected chi connectivity index (χ4v) is 1.53. The van der Waals surface area contributed by atoms with Gasteiger partial charge in [-0.05, 0) is 6.07 Å². The van der Waals surface area contributed by atoms with Crippen LogP contribution in [0.1, 0.15) is 5.69 Å². The molecule has 4 nitrogen and oxygen atoms in total. The molecule has 0 aromatic carbocycles. The Kier molecular flexibility index (Phi) is 2.07. The van der Waals surface area contributed by atoms with Gasteiger partial charge in [0.05, 0.1) is 18.8 Å². The van der Waals surface area contributed by atoms with Crippen molar-refractivity contribution in [2.45, 2.75) is 13.1 Å². The Labute approximate surface area is 80.6 Å². The van der Waals surface area contributed by atoms with Gasteiger partial charge in [-0.1, -0.05) is 6.58 Å². The molecule has 0 spiro atoms. The lowest BCUT2D eigenvalue weighted by molar-refractivity contribution is -0.130.